The molecule has 0 saturated heterocycles. The highest BCUT2D eigenvalue weighted by atomic mass is 16.1. The molecule has 0 aliphatic carbocycles. The average Bonchev–Trinajstić information content (AvgIpc) is 2.68. The fourth-order valence-electron chi connectivity index (χ4n) is 2.86. The van der Waals surface area contributed by atoms with Crippen LogP contribution in [0.1, 0.15) is 24.0 Å². The van der Waals surface area contributed by atoms with Gasteiger partial charge in [-0.25, -0.2) is 0 Å². The molecule has 0 saturated carbocycles. The number of benzene rings is 3. The maximum absolute atomic E-state index is 12.2. The summed E-state index contributed by atoms with van der Waals surface area (Å²) in [6.45, 7) is 2.79. The Kier molecular flexibility index (Phi) is 5.63. The first-order valence-electron chi connectivity index (χ1n) is 8.68. The Morgan fingerprint density at radius 1 is 0.800 bits per heavy atom. The fraction of sp³-hybridized carbons (Fsp3) is 0.174. The molecule has 0 fully saturated rings. The number of carbonyl (C=O) groups is 1. The number of hydrogen-bond donors (Lipinski definition) is 1. The van der Waals surface area contributed by atoms with Gasteiger partial charge in [-0.1, -0.05) is 91.9 Å². The first-order valence-corrected chi connectivity index (χ1v) is 8.68. The number of rotatable bonds is 6. The first-order chi connectivity index (χ1) is 12.2. The molecule has 0 aromatic heterocycles. The van der Waals surface area contributed by atoms with Crippen molar-refractivity contribution in [3.63, 3.8) is 0 Å². The number of nitrogens with one attached hydrogen (secondary N) is 1. The standard InChI is InChI=1S/C23H23NO/c1-18(20-8-4-2-5-9-20)17-24-23(25)16-19-12-14-22(15-13-19)21-10-6-3-7-11-21/h2-15,18H,16-17H2,1H3,(H,24,25)/t18-/m0/s1. The van der Waals surface area contributed by atoms with Gasteiger partial charge in [-0.05, 0) is 28.2 Å². The summed E-state index contributed by atoms with van der Waals surface area (Å²) in [7, 11) is 0. The highest BCUT2D eigenvalue weighted by Crippen LogP contribution is 2.19. The van der Waals surface area contributed by atoms with Crippen molar-refractivity contribution in [3.05, 3.63) is 96.1 Å². The second kappa shape index (κ2) is 8.29. The van der Waals surface area contributed by atoms with E-state index in [1.165, 1.54) is 16.7 Å². The van der Waals surface area contributed by atoms with Crippen molar-refractivity contribution in [3.8, 4) is 11.1 Å². The Balaban J connectivity index is 1.53. The second-order valence-electron chi connectivity index (χ2n) is 6.36. The van der Waals surface area contributed by atoms with Crippen molar-refractivity contribution < 1.29 is 4.79 Å². The predicted molar refractivity (Wildman–Crippen MR) is 103 cm³/mol. The molecule has 0 radical (unpaired) electrons. The Bertz CT molecular complexity index is 795. The lowest BCUT2D eigenvalue weighted by Crippen LogP contribution is -2.28. The van der Waals surface area contributed by atoms with Gasteiger partial charge in [0, 0.05) is 6.54 Å². The van der Waals surface area contributed by atoms with E-state index in [1.807, 2.05) is 48.5 Å². The first kappa shape index (κ1) is 17.0. The summed E-state index contributed by atoms with van der Waals surface area (Å²) >= 11 is 0. The van der Waals surface area contributed by atoms with Gasteiger partial charge in [-0.2, -0.15) is 0 Å². The largest absolute Gasteiger partial charge is 0.355 e. The molecule has 1 amide bonds. The summed E-state index contributed by atoms with van der Waals surface area (Å²) in [4.78, 5) is 12.2. The minimum atomic E-state index is 0.0650. The number of carbonyl (C=O) groups excluding carboxylic acids is 1. The molecule has 3 aromatic carbocycles. The molecule has 3 rings (SSSR count). The summed E-state index contributed by atoms with van der Waals surface area (Å²) in [5.41, 5.74) is 4.64. The van der Waals surface area contributed by atoms with Crippen molar-refractivity contribution in [2.45, 2.75) is 19.3 Å². The van der Waals surface area contributed by atoms with Crippen LogP contribution >= 0.6 is 0 Å². The fourth-order valence-corrected chi connectivity index (χ4v) is 2.86. The third-order valence-electron chi connectivity index (χ3n) is 4.40. The summed E-state index contributed by atoms with van der Waals surface area (Å²) in [6, 6.07) is 28.7. The average molecular weight is 329 g/mol. The van der Waals surface area contributed by atoms with Crippen molar-refractivity contribution in [2.24, 2.45) is 0 Å². The summed E-state index contributed by atoms with van der Waals surface area (Å²) in [5.74, 6) is 0.376. The van der Waals surface area contributed by atoms with Crippen LogP contribution in [-0.2, 0) is 11.2 Å². The van der Waals surface area contributed by atoms with E-state index in [9.17, 15) is 4.79 Å². The molecule has 0 aliphatic rings. The van der Waals surface area contributed by atoms with Crippen molar-refractivity contribution >= 4 is 5.91 Å². The van der Waals surface area contributed by atoms with E-state index in [0.717, 1.165) is 5.56 Å². The van der Waals surface area contributed by atoms with Crippen molar-refractivity contribution in [1.29, 1.82) is 0 Å². The van der Waals surface area contributed by atoms with Gasteiger partial charge in [0.15, 0.2) is 0 Å². The van der Waals surface area contributed by atoms with Gasteiger partial charge < -0.3 is 5.32 Å². The zero-order chi connectivity index (χ0) is 17.5. The Morgan fingerprint density at radius 3 is 2.00 bits per heavy atom. The molecular formula is C23H23NO. The van der Waals surface area contributed by atoms with Crippen molar-refractivity contribution in [1.82, 2.24) is 5.32 Å². The van der Waals surface area contributed by atoms with E-state index in [2.05, 4.69) is 48.6 Å². The lowest BCUT2D eigenvalue weighted by Gasteiger charge is -2.13. The third-order valence-corrected chi connectivity index (χ3v) is 4.40. The van der Waals surface area contributed by atoms with E-state index in [1.54, 1.807) is 0 Å². The molecule has 0 heterocycles. The van der Waals surface area contributed by atoms with Crippen molar-refractivity contribution in [2.75, 3.05) is 6.54 Å². The van der Waals surface area contributed by atoms with E-state index in [-0.39, 0.29) is 5.91 Å². The van der Waals surface area contributed by atoms with Gasteiger partial charge >= 0.3 is 0 Å². The zero-order valence-electron chi connectivity index (χ0n) is 14.5. The molecule has 3 aromatic rings. The second-order valence-corrected chi connectivity index (χ2v) is 6.36. The molecule has 0 aliphatic heterocycles. The molecule has 0 bridgehead atoms. The maximum atomic E-state index is 12.2. The smallest absolute Gasteiger partial charge is 0.224 e. The molecule has 2 nitrogen and oxygen atoms in total. The molecule has 1 atom stereocenters. The monoisotopic (exact) mass is 329 g/mol. The van der Waals surface area contributed by atoms with Crippen LogP contribution in [0.25, 0.3) is 11.1 Å². The summed E-state index contributed by atoms with van der Waals surface area (Å²) in [5, 5.41) is 3.04. The molecule has 25 heavy (non-hydrogen) atoms. The van der Waals surface area contributed by atoms with E-state index in [4.69, 9.17) is 0 Å². The Morgan fingerprint density at radius 2 is 1.36 bits per heavy atom. The molecule has 2 heteroatoms. The van der Waals surface area contributed by atoms with Crippen LogP contribution in [-0.4, -0.2) is 12.5 Å². The van der Waals surface area contributed by atoms with E-state index < -0.39 is 0 Å². The molecule has 1 N–H and O–H groups in total. The minimum absolute atomic E-state index is 0.0650. The SMILES string of the molecule is C[C@@H](CNC(=O)Cc1ccc(-c2ccccc2)cc1)c1ccccc1. The normalized spacial score (nSPS) is 11.7. The van der Waals surface area contributed by atoms with Gasteiger partial charge in [-0.3, -0.25) is 4.79 Å². The van der Waals surface area contributed by atoms with Crippen LogP contribution in [0.4, 0.5) is 0 Å². The van der Waals surface area contributed by atoms with Crippen LogP contribution < -0.4 is 5.32 Å². The Labute approximate surface area is 149 Å². The van der Waals surface area contributed by atoms with Gasteiger partial charge in [0.2, 0.25) is 5.91 Å². The van der Waals surface area contributed by atoms with Crippen LogP contribution in [0.15, 0.2) is 84.9 Å². The van der Waals surface area contributed by atoms with Crippen LogP contribution in [0.2, 0.25) is 0 Å². The zero-order valence-corrected chi connectivity index (χ0v) is 14.5. The lowest BCUT2D eigenvalue weighted by atomic mass is 10.0. The van der Waals surface area contributed by atoms with Crippen LogP contribution in [0.3, 0.4) is 0 Å². The predicted octanol–water partition coefficient (Wildman–Crippen LogP) is 4.82. The topological polar surface area (TPSA) is 29.1 Å². The molecular weight excluding hydrogens is 306 g/mol. The van der Waals surface area contributed by atoms with E-state index >= 15 is 0 Å². The quantitative estimate of drug-likeness (QED) is 0.690. The van der Waals surface area contributed by atoms with Gasteiger partial charge in [0.25, 0.3) is 0 Å². The minimum Gasteiger partial charge on any atom is -0.355 e. The van der Waals surface area contributed by atoms with Crippen LogP contribution in [0, 0.1) is 0 Å². The summed E-state index contributed by atoms with van der Waals surface area (Å²) < 4.78 is 0. The number of amides is 1. The summed E-state index contributed by atoms with van der Waals surface area (Å²) in [6.07, 6.45) is 0.413. The van der Waals surface area contributed by atoms with Crippen LogP contribution in [0.5, 0.6) is 0 Å². The third kappa shape index (κ3) is 4.80. The molecule has 0 spiro atoms. The van der Waals surface area contributed by atoms with Gasteiger partial charge in [0.05, 0.1) is 6.42 Å². The molecule has 126 valence electrons. The van der Waals surface area contributed by atoms with E-state index in [0.29, 0.717) is 18.9 Å². The highest BCUT2D eigenvalue weighted by Gasteiger charge is 2.08. The number of hydrogen-bond acceptors (Lipinski definition) is 1. The highest BCUT2D eigenvalue weighted by molar-refractivity contribution is 5.79. The van der Waals surface area contributed by atoms with Gasteiger partial charge in [-0.15, -0.1) is 0 Å². The lowest BCUT2D eigenvalue weighted by molar-refractivity contribution is -0.120. The maximum Gasteiger partial charge on any atom is 0.224 e. The molecule has 0 unspecified atom stereocenters. The Hall–Kier alpha value is -2.87. The van der Waals surface area contributed by atoms with Gasteiger partial charge in [0.1, 0.15) is 0 Å².